The third kappa shape index (κ3) is 4.22. The smallest absolute Gasteiger partial charge is 0.289 e. The lowest BCUT2D eigenvalue weighted by Gasteiger charge is -2.25. The molecule has 1 aromatic heterocycles. The molecule has 1 aromatic carbocycles. The number of halogens is 1. The largest absolute Gasteiger partial charge is 0.451 e. The summed E-state index contributed by atoms with van der Waals surface area (Å²) in [4.78, 5) is 28.7. The summed E-state index contributed by atoms with van der Waals surface area (Å²) in [6.45, 7) is 3.49. The monoisotopic (exact) mass is 405 g/mol. The van der Waals surface area contributed by atoms with Crippen molar-refractivity contribution in [3.63, 3.8) is 0 Å². The van der Waals surface area contributed by atoms with Crippen molar-refractivity contribution in [3.05, 3.63) is 47.7 Å². The lowest BCUT2D eigenvalue weighted by Crippen LogP contribution is -2.40. The maximum Gasteiger partial charge on any atom is 0.289 e. The summed E-state index contributed by atoms with van der Waals surface area (Å²) in [5, 5.41) is 0. The van der Waals surface area contributed by atoms with E-state index in [0.717, 1.165) is 12.0 Å². The van der Waals surface area contributed by atoms with Gasteiger partial charge in [0, 0.05) is 43.3 Å². The molecule has 7 nitrogen and oxygen atoms in total. The molecule has 0 bridgehead atoms. The van der Waals surface area contributed by atoms with Gasteiger partial charge in [-0.05, 0) is 30.7 Å². The van der Waals surface area contributed by atoms with Crippen molar-refractivity contribution in [1.82, 2.24) is 9.80 Å². The predicted molar refractivity (Wildman–Crippen MR) is 107 cm³/mol. The number of morpholine rings is 1. The molecule has 1 atom stereocenters. The first-order chi connectivity index (χ1) is 13.1. The Hall–Kier alpha value is -2.35. The van der Waals surface area contributed by atoms with Crippen molar-refractivity contribution in [1.29, 1.82) is 0 Å². The Morgan fingerprint density at radius 3 is 2.50 bits per heavy atom. The van der Waals surface area contributed by atoms with Crippen molar-refractivity contribution >= 4 is 24.2 Å². The van der Waals surface area contributed by atoms with Crippen molar-refractivity contribution in [2.75, 3.05) is 39.4 Å². The Morgan fingerprint density at radius 2 is 1.79 bits per heavy atom. The first-order valence-electron chi connectivity index (χ1n) is 9.24. The highest BCUT2D eigenvalue weighted by atomic mass is 35.5. The number of ether oxygens (including phenoxy) is 1. The number of hydrogen-bond acceptors (Lipinski definition) is 5. The van der Waals surface area contributed by atoms with Gasteiger partial charge in [0.2, 0.25) is 0 Å². The average Bonchev–Trinajstić information content (AvgIpc) is 3.37. The second-order valence-electron chi connectivity index (χ2n) is 6.95. The Bertz CT molecular complexity index is 847. The molecule has 2 aliphatic heterocycles. The van der Waals surface area contributed by atoms with Crippen LogP contribution in [0.1, 0.15) is 27.3 Å². The average molecular weight is 406 g/mol. The molecule has 0 spiro atoms. The van der Waals surface area contributed by atoms with Gasteiger partial charge in [-0.2, -0.15) is 0 Å². The molecule has 2 saturated heterocycles. The first-order valence-corrected chi connectivity index (χ1v) is 9.24. The van der Waals surface area contributed by atoms with Crippen molar-refractivity contribution in [2.24, 2.45) is 5.73 Å². The molecule has 4 rings (SSSR count). The highest BCUT2D eigenvalue weighted by molar-refractivity contribution is 5.96. The topological polar surface area (TPSA) is 89.0 Å². The molecule has 2 amide bonds. The van der Waals surface area contributed by atoms with Crippen LogP contribution in [0, 0.1) is 0 Å². The maximum atomic E-state index is 12.7. The number of carbonyl (C=O) groups excluding carboxylic acids is 2. The highest BCUT2D eigenvalue weighted by Crippen LogP contribution is 2.25. The summed E-state index contributed by atoms with van der Waals surface area (Å²) < 4.78 is 11.1. The molecule has 0 radical (unpaired) electrons. The van der Waals surface area contributed by atoms with Gasteiger partial charge in [-0.25, -0.2) is 0 Å². The molecule has 2 fully saturated rings. The van der Waals surface area contributed by atoms with Crippen LogP contribution in [-0.4, -0.2) is 67.0 Å². The van der Waals surface area contributed by atoms with E-state index in [4.69, 9.17) is 14.9 Å². The number of nitrogens with zero attached hydrogens (tertiary/aromatic N) is 2. The van der Waals surface area contributed by atoms with Gasteiger partial charge in [0.15, 0.2) is 5.76 Å². The van der Waals surface area contributed by atoms with Crippen LogP contribution in [0.2, 0.25) is 0 Å². The van der Waals surface area contributed by atoms with Crippen LogP contribution in [-0.2, 0) is 4.74 Å². The molecule has 2 N–H and O–H groups in total. The molecule has 3 heterocycles. The zero-order chi connectivity index (χ0) is 18.8. The Morgan fingerprint density at radius 1 is 1.00 bits per heavy atom. The van der Waals surface area contributed by atoms with Crippen LogP contribution >= 0.6 is 12.4 Å². The zero-order valence-corrected chi connectivity index (χ0v) is 16.3. The minimum absolute atomic E-state index is 0. The number of benzene rings is 1. The predicted octanol–water partition coefficient (Wildman–Crippen LogP) is 2.01. The summed E-state index contributed by atoms with van der Waals surface area (Å²) >= 11 is 0. The van der Waals surface area contributed by atoms with E-state index in [-0.39, 0.29) is 30.3 Å². The third-order valence-corrected chi connectivity index (χ3v) is 5.02. The van der Waals surface area contributed by atoms with Crippen molar-refractivity contribution < 1.29 is 18.7 Å². The molecule has 28 heavy (non-hydrogen) atoms. The lowest BCUT2D eigenvalue weighted by atomic mass is 10.1. The van der Waals surface area contributed by atoms with Crippen molar-refractivity contribution in [2.45, 2.75) is 12.5 Å². The van der Waals surface area contributed by atoms with Gasteiger partial charge in [0.05, 0.1) is 13.2 Å². The number of amides is 2. The van der Waals surface area contributed by atoms with Gasteiger partial charge >= 0.3 is 0 Å². The fourth-order valence-electron chi connectivity index (χ4n) is 3.49. The van der Waals surface area contributed by atoms with Gasteiger partial charge < -0.3 is 24.7 Å². The van der Waals surface area contributed by atoms with Gasteiger partial charge in [-0.1, -0.05) is 12.1 Å². The standard InChI is InChI=1S/C20H23N3O4.ClH/c21-16-6-7-23(13-16)19(24)15-3-1-2-14(12-15)17-4-5-18(27-17)20(25)22-8-10-26-11-9-22;/h1-5,12,16H,6-11,13,21H2;1H. The molecule has 8 heteroatoms. The van der Waals surface area contributed by atoms with Crippen molar-refractivity contribution in [3.8, 4) is 11.3 Å². The second-order valence-corrected chi connectivity index (χ2v) is 6.95. The van der Waals surface area contributed by atoms with E-state index in [2.05, 4.69) is 0 Å². The van der Waals surface area contributed by atoms with E-state index in [0.29, 0.717) is 56.5 Å². The van der Waals surface area contributed by atoms with Crippen LogP contribution in [0.25, 0.3) is 11.3 Å². The van der Waals surface area contributed by atoms with Gasteiger partial charge in [-0.3, -0.25) is 9.59 Å². The van der Waals surface area contributed by atoms with Gasteiger partial charge in [0.1, 0.15) is 5.76 Å². The number of rotatable bonds is 3. The fraction of sp³-hybridized carbons (Fsp3) is 0.400. The Kier molecular flexibility index (Phi) is 6.39. The van der Waals surface area contributed by atoms with E-state index in [1.165, 1.54) is 0 Å². The van der Waals surface area contributed by atoms with E-state index < -0.39 is 0 Å². The molecular weight excluding hydrogens is 382 g/mol. The number of carbonyl (C=O) groups is 2. The summed E-state index contributed by atoms with van der Waals surface area (Å²) in [6.07, 6.45) is 0.830. The van der Waals surface area contributed by atoms with Crippen LogP contribution in [0.15, 0.2) is 40.8 Å². The minimum Gasteiger partial charge on any atom is -0.451 e. The number of nitrogens with two attached hydrogens (primary N) is 1. The molecule has 1 unspecified atom stereocenters. The molecule has 150 valence electrons. The molecule has 0 aliphatic carbocycles. The summed E-state index contributed by atoms with van der Waals surface area (Å²) in [5.74, 6) is 0.706. The van der Waals surface area contributed by atoms with Crippen LogP contribution in [0.3, 0.4) is 0 Å². The quantitative estimate of drug-likeness (QED) is 0.843. The zero-order valence-electron chi connectivity index (χ0n) is 15.5. The number of furan rings is 1. The lowest BCUT2D eigenvalue weighted by molar-refractivity contribution is 0.0283. The van der Waals surface area contributed by atoms with E-state index in [1.54, 1.807) is 34.1 Å². The minimum atomic E-state index is -0.136. The summed E-state index contributed by atoms with van der Waals surface area (Å²) in [5.41, 5.74) is 7.27. The maximum absolute atomic E-state index is 12.7. The Labute approximate surface area is 169 Å². The number of likely N-dealkylation sites (tertiary alicyclic amines) is 1. The molecular formula is C20H24ClN3O4. The molecule has 2 aliphatic rings. The first kappa shape index (κ1) is 20.4. The highest BCUT2D eigenvalue weighted by Gasteiger charge is 2.25. The van der Waals surface area contributed by atoms with Crippen LogP contribution in [0.4, 0.5) is 0 Å². The van der Waals surface area contributed by atoms with Gasteiger partial charge in [0.25, 0.3) is 11.8 Å². The van der Waals surface area contributed by atoms with E-state index in [9.17, 15) is 9.59 Å². The fourth-order valence-corrected chi connectivity index (χ4v) is 3.49. The molecule has 0 saturated carbocycles. The summed E-state index contributed by atoms with van der Waals surface area (Å²) in [6, 6.07) is 10.8. The SMILES string of the molecule is Cl.NC1CCN(C(=O)c2cccc(-c3ccc(C(=O)N4CCOCC4)o3)c2)C1. The van der Waals surface area contributed by atoms with Gasteiger partial charge in [-0.15, -0.1) is 12.4 Å². The second kappa shape index (κ2) is 8.77. The third-order valence-electron chi connectivity index (χ3n) is 5.02. The van der Waals surface area contributed by atoms with Crippen LogP contribution in [0.5, 0.6) is 0 Å². The molecule has 2 aromatic rings. The van der Waals surface area contributed by atoms with E-state index in [1.807, 2.05) is 12.1 Å². The normalized spacial score (nSPS) is 19.4. The number of hydrogen-bond donors (Lipinski definition) is 1. The summed E-state index contributed by atoms with van der Waals surface area (Å²) in [7, 11) is 0. The Balaban J connectivity index is 0.00000225. The van der Waals surface area contributed by atoms with Crippen LogP contribution < -0.4 is 5.73 Å². The van der Waals surface area contributed by atoms with E-state index >= 15 is 0 Å².